The SMILES string of the molecule is CC(=O)O/N=C/C(Cl)C(=O)[O-]. The van der Waals surface area contributed by atoms with Crippen molar-refractivity contribution in [2.45, 2.75) is 12.3 Å². The van der Waals surface area contributed by atoms with E-state index in [1.165, 1.54) is 0 Å². The average molecular weight is 179 g/mol. The van der Waals surface area contributed by atoms with Crippen LogP contribution < -0.4 is 5.11 Å². The zero-order valence-corrected chi connectivity index (χ0v) is 6.37. The first-order chi connectivity index (χ1) is 5.04. The predicted molar refractivity (Wildman–Crippen MR) is 34.9 cm³/mol. The lowest BCUT2D eigenvalue weighted by Crippen LogP contribution is -2.32. The van der Waals surface area contributed by atoms with Crippen LogP contribution >= 0.6 is 11.6 Å². The molecule has 0 N–H and O–H groups in total. The Morgan fingerprint density at radius 3 is 2.64 bits per heavy atom. The smallest absolute Gasteiger partial charge is 0.331 e. The molecule has 5 nitrogen and oxygen atoms in total. The van der Waals surface area contributed by atoms with Crippen LogP contribution in [-0.4, -0.2) is 23.5 Å². The Balaban J connectivity index is 3.74. The van der Waals surface area contributed by atoms with Gasteiger partial charge in [-0.2, -0.15) is 0 Å². The number of hydrogen-bond acceptors (Lipinski definition) is 5. The fourth-order valence-corrected chi connectivity index (χ4v) is 0.265. The molecule has 0 amide bonds. The first-order valence-electron chi connectivity index (χ1n) is 2.60. The maximum absolute atomic E-state index is 10.1. The van der Waals surface area contributed by atoms with E-state index >= 15 is 0 Å². The molecular weight excluding hydrogens is 174 g/mol. The number of carbonyl (C=O) groups is 2. The number of carbonyl (C=O) groups excluding carboxylic acids is 2. The lowest BCUT2D eigenvalue weighted by molar-refractivity contribution is -0.303. The van der Waals surface area contributed by atoms with Crippen molar-refractivity contribution in [2.24, 2.45) is 5.16 Å². The first-order valence-corrected chi connectivity index (χ1v) is 3.03. The van der Waals surface area contributed by atoms with E-state index in [1.807, 2.05) is 0 Å². The Bertz CT molecular complexity index is 191. The van der Waals surface area contributed by atoms with Crippen LogP contribution in [-0.2, 0) is 14.4 Å². The van der Waals surface area contributed by atoms with E-state index in [0.717, 1.165) is 13.1 Å². The molecule has 11 heavy (non-hydrogen) atoms. The molecule has 0 aliphatic carbocycles. The number of aliphatic carboxylic acids is 1. The first kappa shape index (κ1) is 9.90. The number of nitrogens with zero attached hydrogens (tertiary/aromatic N) is 1. The lowest BCUT2D eigenvalue weighted by Gasteiger charge is -2.01. The topological polar surface area (TPSA) is 78.8 Å². The number of alkyl halides is 1. The van der Waals surface area contributed by atoms with Crippen molar-refractivity contribution in [3.8, 4) is 0 Å². The molecule has 0 heterocycles. The third-order valence-electron chi connectivity index (χ3n) is 0.598. The van der Waals surface area contributed by atoms with E-state index in [0.29, 0.717) is 0 Å². The molecule has 62 valence electrons. The number of oxime groups is 1. The van der Waals surface area contributed by atoms with E-state index in [4.69, 9.17) is 11.6 Å². The molecule has 0 aliphatic heterocycles. The van der Waals surface area contributed by atoms with Crippen LogP contribution in [0, 0.1) is 0 Å². The highest BCUT2D eigenvalue weighted by molar-refractivity contribution is 6.37. The summed E-state index contributed by atoms with van der Waals surface area (Å²) in [5, 5.41) is 11.5. The summed E-state index contributed by atoms with van der Waals surface area (Å²) in [6.07, 6.45) is 0.748. The predicted octanol–water partition coefficient (Wildman–Crippen LogP) is -1.11. The van der Waals surface area contributed by atoms with Gasteiger partial charge in [0.25, 0.3) is 0 Å². The molecule has 0 aliphatic rings. The summed E-state index contributed by atoms with van der Waals surface area (Å²) < 4.78 is 0. The van der Waals surface area contributed by atoms with E-state index in [9.17, 15) is 14.7 Å². The van der Waals surface area contributed by atoms with Crippen LogP contribution in [0.25, 0.3) is 0 Å². The van der Waals surface area contributed by atoms with E-state index in [1.54, 1.807) is 0 Å². The molecule has 0 saturated carbocycles. The van der Waals surface area contributed by atoms with Gasteiger partial charge in [-0.3, -0.25) is 0 Å². The van der Waals surface area contributed by atoms with Crippen LogP contribution in [0.3, 0.4) is 0 Å². The van der Waals surface area contributed by atoms with Crippen molar-refractivity contribution in [1.29, 1.82) is 0 Å². The van der Waals surface area contributed by atoms with Crippen LogP contribution in [0.5, 0.6) is 0 Å². The van der Waals surface area contributed by atoms with Gasteiger partial charge in [-0.25, -0.2) is 4.79 Å². The summed E-state index contributed by atoms with van der Waals surface area (Å²) in [5.74, 6) is -2.15. The normalized spacial score (nSPS) is 12.9. The Labute approximate surface area is 67.6 Å². The van der Waals surface area contributed by atoms with Gasteiger partial charge in [0.15, 0.2) is 0 Å². The van der Waals surface area contributed by atoms with Gasteiger partial charge in [-0.15, -0.1) is 11.6 Å². The summed E-state index contributed by atoms with van der Waals surface area (Å²) in [6, 6.07) is 0. The summed E-state index contributed by atoms with van der Waals surface area (Å²) in [6.45, 7) is 1.12. The molecular formula is C5H5ClNO4-. The standard InChI is InChI=1S/C5H6ClNO4/c1-3(8)11-7-2-4(6)5(9)10/h2,4H,1H3,(H,9,10)/p-1/b7-2+. The molecule has 6 heteroatoms. The Morgan fingerprint density at radius 2 is 2.27 bits per heavy atom. The van der Waals surface area contributed by atoms with E-state index < -0.39 is 17.3 Å². The highest BCUT2D eigenvalue weighted by Gasteiger charge is 2.00. The third kappa shape index (κ3) is 5.35. The van der Waals surface area contributed by atoms with Crippen LogP contribution in [0.2, 0.25) is 0 Å². The molecule has 0 saturated heterocycles. The molecule has 1 atom stereocenters. The number of carboxylic acid groups (broad SMARTS) is 1. The van der Waals surface area contributed by atoms with Gasteiger partial charge >= 0.3 is 5.97 Å². The van der Waals surface area contributed by atoms with Crippen molar-refractivity contribution in [3.63, 3.8) is 0 Å². The number of halogens is 1. The van der Waals surface area contributed by atoms with Crippen LogP contribution in [0.4, 0.5) is 0 Å². The highest BCUT2D eigenvalue weighted by atomic mass is 35.5. The maximum atomic E-state index is 10.1. The fourth-order valence-electron chi connectivity index (χ4n) is 0.219. The monoisotopic (exact) mass is 178 g/mol. The van der Waals surface area contributed by atoms with Crippen molar-refractivity contribution in [1.82, 2.24) is 0 Å². The van der Waals surface area contributed by atoms with E-state index in [2.05, 4.69) is 9.99 Å². The maximum Gasteiger partial charge on any atom is 0.331 e. The van der Waals surface area contributed by atoms with Gasteiger partial charge < -0.3 is 14.7 Å². The third-order valence-corrected chi connectivity index (χ3v) is 0.889. The summed E-state index contributed by atoms with van der Waals surface area (Å²) in [4.78, 5) is 24.0. The number of carboxylic acids is 1. The summed E-state index contributed by atoms with van der Waals surface area (Å²) in [7, 11) is 0. The average Bonchev–Trinajstić information content (AvgIpc) is 1.86. The quantitative estimate of drug-likeness (QED) is 0.238. The highest BCUT2D eigenvalue weighted by Crippen LogP contribution is 1.89. The molecule has 1 unspecified atom stereocenters. The molecule has 0 bridgehead atoms. The minimum Gasteiger partial charge on any atom is -0.548 e. The molecule has 0 spiro atoms. The van der Waals surface area contributed by atoms with Gasteiger partial charge in [0.2, 0.25) is 0 Å². The Morgan fingerprint density at radius 1 is 1.73 bits per heavy atom. The zero-order chi connectivity index (χ0) is 8.85. The lowest BCUT2D eigenvalue weighted by atomic mass is 10.5. The van der Waals surface area contributed by atoms with Crippen molar-refractivity contribution in [3.05, 3.63) is 0 Å². The zero-order valence-electron chi connectivity index (χ0n) is 5.61. The van der Waals surface area contributed by atoms with Crippen molar-refractivity contribution in [2.75, 3.05) is 0 Å². The molecule has 0 aromatic rings. The van der Waals surface area contributed by atoms with Crippen molar-refractivity contribution < 1.29 is 19.5 Å². The van der Waals surface area contributed by atoms with Crippen molar-refractivity contribution >= 4 is 29.8 Å². The van der Waals surface area contributed by atoms with Gasteiger partial charge in [0, 0.05) is 6.92 Å². The number of rotatable bonds is 3. The molecule has 0 radical (unpaired) electrons. The van der Waals surface area contributed by atoms with E-state index in [-0.39, 0.29) is 0 Å². The minimum absolute atomic E-state index is 0.650. The van der Waals surface area contributed by atoms with Gasteiger partial charge in [0.05, 0.1) is 12.2 Å². The minimum atomic E-state index is -1.50. The van der Waals surface area contributed by atoms with Gasteiger partial charge in [-0.1, -0.05) is 5.16 Å². The molecule has 0 fully saturated rings. The molecule has 0 aromatic carbocycles. The second-order valence-corrected chi connectivity index (χ2v) is 2.03. The summed E-state index contributed by atoms with van der Waals surface area (Å²) in [5.41, 5.74) is 0. The van der Waals surface area contributed by atoms with Gasteiger partial charge in [0.1, 0.15) is 5.38 Å². The Kier molecular flexibility index (Phi) is 4.21. The largest absolute Gasteiger partial charge is 0.548 e. The molecule has 0 rings (SSSR count). The van der Waals surface area contributed by atoms with Gasteiger partial charge in [-0.05, 0) is 0 Å². The second kappa shape index (κ2) is 4.68. The summed E-state index contributed by atoms with van der Waals surface area (Å²) >= 11 is 5.10. The molecule has 0 aromatic heterocycles. The fraction of sp³-hybridized carbons (Fsp3) is 0.400. The second-order valence-electron chi connectivity index (χ2n) is 1.56. The Hall–Kier alpha value is -1.10. The van der Waals surface area contributed by atoms with Crippen LogP contribution in [0.15, 0.2) is 5.16 Å². The van der Waals surface area contributed by atoms with Crippen LogP contribution in [0.1, 0.15) is 6.92 Å². The number of hydrogen-bond donors (Lipinski definition) is 0.